The molecule has 7 heteroatoms. The van der Waals surface area contributed by atoms with E-state index >= 15 is 0 Å². The van der Waals surface area contributed by atoms with Crippen molar-refractivity contribution >= 4 is 16.8 Å². The minimum atomic E-state index is -0.448. The number of aromatic amines is 1. The number of nitrogens with zero attached hydrogens (tertiary/aromatic N) is 3. The molecule has 0 atom stereocenters. The Kier molecular flexibility index (Phi) is 4.79. The predicted octanol–water partition coefficient (Wildman–Crippen LogP) is 2.54. The SMILES string of the molecule is CC(=O)N=c1c(Cc2c[nH]c3ccccc23)nc(O)c(CC(C)C)n1O. The zero-order valence-corrected chi connectivity index (χ0v) is 15.0. The van der Waals surface area contributed by atoms with Gasteiger partial charge in [0.1, 0.15) is 5.69 Å². The molecule has 26 heavy (non-hydrogen) atoms. The van der Waals surface area contributed by atoms with Crippen LogP contribution in [0, 0.1) is 5.92 Å². The van der Waals surface area contributed by atoms with Crippen molar-refractivity contribution < 1.29 is 15.1 Å². The molecule has 0 radical (unpaired) electrons. The van der Waals surface area contributed by atoms with Gasteiger partial charge in [-0.05, 0) is 24.0 Å². The number of carbonyl (C=O) groups is 1. The summed E-state index contributed by atoms with van der Waals surface area (Å²) < 4.78 is 0.786. The lowest BCUT2D eigenvalue weighted by Gasteiger charge is -2.13. The van der Waals surface area contributed by atoms with Gasteiger partial charge < -0.3 is 15.3 Å². The molecule has 0 saturated carbocycles. The van der Waals surface area contributed by atoms with E-state index in [1.807, 2.05) is 44.3 Å². The van der Waals surface area contributed by atoms with Crippen LogP contribution in [0.15, 0.2) is 35.5 Å². The van der Waals surface area contributed by atoms with Gasteiger partial charge in [0, 0.05) is 30.4 Å². The molecule has 2 heterocycles. The van der Waals surface area contributed by atoms with Gasteiger partial charge in [0.15, 0.2) is 5.49 Å². The standard InChI is InChI=1S/C19H22N4O3/c1-11(2)8-17-19(25)22-16(18(23(17)26)21-12(3)24)9-13-10-20-15-7-5-4-6-14(13)15/h4-7,10-11,20,25-26H,8-9H2,1-3H3. The largest absolute Gasteiger partial charge is 0.492 e. The lowest BCUT2D eigenvalue weighted by Crippen LogP contribution is -2.30. The maximum absolute atomic E-state index is 11.6. The van der Waals surface area contributed by atoms with Crippen LogP contribution in [0.4, 0.5) is 0 Å². The van der Waals surface area contributed by atoms with Gasteiger partial charge >= 0.3 is 0 Å². The van der Waals surface area contributed by atoms with Crippen LogP contribution in [0.25, 0.3) is 10.9 Å². The van der Waals surface area contributed by atoms with Crippen molar-refractivity contribution in [3.8, 4) is 5.88 Å². The number of fused-ring (bicyclic) bond motifs is 1. The molecule has 3 rings (SSSR count). The number of para-hydroxylation sites is 1. The summed E-state index contributed by atoms with van der Waals surface area (Å²) in [5.41, 5.74) is 2.53. The van der Waals surface area contributed by atoms with E-state index < -0.39 is 5.91 Å². The topological polar surface area (TPSA) is 104 Å². The van der Waals surface area contributed by atoms with Crippen molar-refractivity contribution in [2.75, 3.05) is 0 Å². The summed E-state index contributed by atoms with van der Waals surface area (Å²) in [4.78, 5) is 22.9. The van der Waals surface area contributed by atoms with Gasteiger partial charge in [-0.2, -0.15) is 9.72 Å². The third kappa shape index (κ3) is 3.46. The highest BCUT2D eigenvalue weighted by Gasteiger charge is 2.17. The average molecular weight is 354 g/mol. The first kappa shape index (κ1) is 17.7. The number of carbonyl (C=O) groups excluding carboxylic acids is 1. The number of hydrogen-bond acceptors (Lipinski definition) is 4. The van der Waals surface area contributed by atoms with Crippen LogP contribution in [0.1, 0.15) is 37.7 Å². The van der Waals surface area contributed by atoms with E-state index in [0.29, 0.717) is 18.5 Å². The first-order chi connectivity index (χ1) is 12.4. The molecule has 0 aliphatic rings. The quantitative estimate of drug-likeness (QED) is 0.626. The summed E-state index contributed by atoms with van der Waals surface area (Å²) in [7, 11) is 0. The monoisotopic (exact) mass is 354 g/mol. The van der Waals surface area contributed by atoms with Crippen LogP contribution in [0.5, 0.6) is 5.88 Å². The average Bonchev–Trinajstić information content (AvgIpc) is 2.98. The molecule has 0 saturated heterocycles. The summed E-state index contributed by atoms with van der Waals surface area (Å²) in [6.45, 7) is 5.23. The van der Waals surface area contributed by atoms with Crippen LogP contribution in [-0.4, -0.2) is 30.9 Å². The Labute approximate surface area is 150 Å². The van der Waals surface area contributed by atoms with Crippen LogP contribution >= 0.6 is 0 Å². The van der Waals surface area contributed by atoms with Gasteiger partial charge in [-0.3, -0.25) is 4.79 Å². The van der Waals surface area contributed by atoms with E-state index in [2.05, 4.69) is 15.0 Å². The number of rotatable bonds is 4. The first-order valence-corrected chi connectivity index (χ1v) is 8.50. The molecule has 0 spiro atoms. The van der Waals surface area contributed by atoms with Gasteiger partial charge in [0.05, 0.1) is 5.69 Å². The normalized spacial score (nSPS) is 12.2. The van der Waals surface area contributed by atoms with Crippen molar-refractivity contribution in [3.05, 3.63) is 52.9 Å². The highest BCUT2D eigenvalue weighted by Crippen LogP contribution is 2.21. The van der Waals surface area contributed by atoms with Crippen molar-refractivity contribution in [3.63, 3.8) is 0 Å². The predicted molar refractivity (Wildman–Crippen MR) is 97.0 cm³/mol. The van der Waals surface area contributed by atoms with Crippen molar-refractivity contribution in [1.29, 1.82) is 0 Å². The molecule has 0 aliphatic heterocycles. The van der Waals surface area contributed by atoms with Gasteiger partial charge in [-0.1, -0.05) is 32.0 Å². The summed E-state index contributed by atoms with van der Waals surface area (Å²) in [6.07, 6.45) is 2.57. The van der Waals surface area contributed by atoms with E-state index in [-0.39, 0.29) is 23.0 Å². The summed E-state index contributed by atoms with van der Waals surface area (Å²) in [5, 5.41) is 21.9. The Bertz CT molecular complexity index is 1030. The third-order valence-corrected chi connectivity index (χ3v) is 4.11. The molecule has 136 valence electrons. The second-order valence-corrected chi connectivity index (χ2v) is 6.73. The molecule has 0 fully saturated rings. The minimum Gasteiger partial charge on any atom is -0.492 e. The van der Waals surface area contributed by atoms with E-state index in [9.17, 15) is 15.1 Å². The minimum absolute atomic E-state index is 0.0521. The number of aromatic hydroxyl groups is 1. The molecule has 1 aromatic carbocycles. The Balaban J connectivity index is 2.16. The van der Waals surface area contributed by atoms with E-state index in [1.165, 1.54) is 6.92 Å². The number of H-pyrrole nitrogens is 1. The summed E-state index contributed by atoms with van der Waals surface area (Å²) >= 11 is 0. The lowest BCUT2D eigenvalue weighted by molar-refractivity contribution is -0.116. The maximum atomic E-state index is 11.6. The summed E-state index contributed by atoms with van der Waals surface area (Å²) in [6, 6.07) is 7.81. The zero-order valence-electron chi connectivity index (χ0n) is 15.0. The molecule has 2 aromatic heterocycles. The highest BCUT2D eigenvalue weighted by atomic mass is 16.5. The van der Waals surface area contributed by atoms with Crippen LogP contribution < -0.4 is 5.49 Å². The van der Waals surface area contributed by atoms with Crippen molar-refractivity contribution in [2.45, 2.75) is 33.6 Å². The van der Waals surface area contributed by atoms with Gasteiger partial charge in [-0.25, -0.2) is 4.98 Å². The second-order valence-electron chi connectivity index (χ2n) is 6.73. The Morgan fingerprint density at radius 1 is 1.35 bits per heavy atom. The van der Waals surface area contributed by atoms with Crippen LogP contribution in [0.3, 0.4) is 0 Å². The number of aromatic nitrogens is 3. The van der Waals surface area contributed by atoms with Gasteiger partial charge in [0.25, 0.3) is 0 Å². The second kappa shape index (κ2) is 7.03. The number of benzene rings is 1. The number of nitrogens with one attached hydrogen (secondary N) is 1. The Hall–Kier alpha value is -3.09. The fourth-order valence-electron chi connectivity index (χ4n) is 2.99. The molecule has 0 aliphatic carbocycles. The highest BCUT2D eigenvalue weighted by molar-refractivity contribution is 5.83. The molecular weight excluding hydrogens is 332 g/mol. The molecule has 1 amide bonds. The molecular formula is C19H22N4O3. The molecule has 7 nitrogen and oxygen atoms in total. The van der Waals surface area contributed by atoms with Gasteiger partial charge in [-0.15, -0.1) is 0 Å². The van der Waals surface area contributed by atoms with Crippen LogP contribution in [0.2, 0.25) is 0 Å². The van der Waals surface area contributed by atoms with Crippen molar-refractivity contribution in [2.24, 2.45) is 10.9 Å². The number of hydrogen-bond donors (Lipinski definition) is 3. The van der Waals surface area contributed by atoms with E-state index in [0.717, 1.165) is 21.2 Å². The first-order valence-electron chi connectivity index (χ1n) is 8.50. The van der Waals surface area contributed by atoms with Gasteiger partial charge in [0.2, 0.25) is 11.8 Å². The molecule has 3 aromatic rings. The Morgan fingerprint density at radius 2 is 2.08 bits per heavy atom. The molecule has 0 bridgehead atoms. The third-order valence-electron chi connectivity index (χ3n) is 4.11. The fourth-order valence-corrected chi connectivity index (χ4v) is 2.99. The smallest absolute Gasteiger partial charge is 0.244 e. The maximum Gasteiger partial charge on any atom is 0.244 e. The number of amides is 1. The molecule has 0 unspecified atom stereocenters. The van der Waals surface area contributed by atoms with Crippen molar-refractivity contribution in [1.82, 2.24) is 14.7 Å². The van der Waals surface area contributed by atoms with E-state index in [4.69, 9.17) is 0 Å². The molecule has 3 N–H and O–H groups in total. The Morgan fingerprint density at radius 3 is 2.77 bits per heavy atom. The van der Waals surface area contributed by atoms with Crippen LogP contribution in [-0.2, 0) is 17.6 Å². The van der Waals surface area contributed by atoms with E-state index in [1.54, 1.807) is 0 Å². The summed E-state index contributed by atoms with van der Waals surface area (Å²) in [5.74, 6) is -0.514. The lowest BCUT2D eigenvalue weighted by atomic mass is 10.1. The zero-order chi connectivity index (χ0) is 18.8. The fraction of sp³-hybridized carbons (Fsp3) is 0.316.